The number of para-hydroxylation sites is 2. The summed E-state index contributed by atoms with van der Waals surface area (Å²) < 4.78 is 5.46. The van der Waals surface area contributed by atoms with E-state index in [2.05, 4.69) is 21.5 Å². The molecule has 2 aromatic rings. The van der Waals surface area contributed by atoms with Crippen LogP contribution < -0.4 is 5.32 Å². The van der Waals surface area contributed by atoms with Crippen molar-refractivity contribution < 1.29 is 9.53 Å². The summed E-state index contributed by atoms with van der Waals surface area (Å²) in [6, 6.07) is 7.57. The highest BCUT2D eigenvalue weighted by Crippen LogP contribution is 2.20. The first-order chi connectivity index (χ1) is 11.7. The molecule has 1 saturated heterocycles. The minimum atomic E-state index is -0.236. The summed E-state index contributed by atoms with van der Waals surface area (Å²) in [6.45, 7) is 1.90. The topological polar surface area (TPSA) is 70.2 Å². The number of thioether (sulfide) groups is 1. The van der Waals surface area contributed by atoms with Crippen molar-refractivity contribution in [3.05, 3.63) is 30.1 Å². The smallest absolute Gasteiger partial charge is 0.240 e. The molecule has 0 radical (unpaired) electrons. The molecule has 2 heterocycles. The van der Waals surface area contributed by atoms with Crippen LogP contribution >= 0.6 is 11.8 Å². The second-order valence-electron chi connectivity index (χ2n) is 6.05. The fraction of sp³-hybridized carbons (Fsp3) is 0.529. The Morgan fingerprint density at radius 2 is 2.38 bits per heavy atom. The van der Waals surface area contributed by atoms with E-state index in [0.717, 1.165) is 35.6 Å². The fourth-order valence-corrected chi connectivity index (χ4v) is 3.35. The van der Waals surface area contributed by atoms with Gasteiger partial charge in [-0.25, -0.2) is 4.98 Å². The fourth-order valence-electron chi connectivity index (χ4n) is 2.88. The van der Waals surface area contributed by atoms with Crippen molar-refractivity contribution in [2.75, 3.05) is 38.8 Å². The van der Waals surface area contributed by atoms with Crippen LogP contribution in [0.5, 0.6) is 0 Å². The van der Waals surface area contributed by atoms with E-state index in [0.29, 0.717) is 13.2 Å². The van der Waals surface area contributed by atoms with Gasteiger partial charge >= 0.3 is 0 Å². The van der Waals surface area contributed by atoms with Crippen LogP contribution in [0.1, 0.15) is 18.3 Å². The normalized spacial score (nSPS) is 20.2. The number of ether oxygens (including phenoxy) is 1. The molecule has 6 nitrogen and oxygen atoms in total. The Kier molecular flexibility index (Phi) is 5.76. The highest BCUT2D eigenvalue weighted by Gasteiger charge is 2.29. The van der Waals surface area contributed by atoms with Crippen molar-refractivity contribution in [3.8, 4) is 0 Å². The van der Waals surface area contributed by atoms with E-state index in [1.54, 1.807) is 11.8 Å². The zero-order valence-corrected chi connectivity index (χ0v) is 14.9. The second-order valence-corrected chi connectivity index (χ2v) is 7.04. The van der Waals surface area contributed by atoms with Crippen LogP contribution in [0.3, 0.4) is 0 Å². The van der Waals surface area contributed by atoms with Gasteiger partial charge in [0.05, 0.1) is 30.3 Å². The Morgan fingerprint density at radius 1 is 1.54 bits per heavy atom. The van der Waals surface area contributed by atoms with Crippen molar-refractivity contribution in [3.63, 3.8) is 0 Å². The van der Waals surface area contributed by atoms with Crippen LogP contribution in [0.4, 0.5) is 0 Å². The van der Waals surface area contributed by atoms with Crippen LogP contribution in [0, 0.1) is 0 Å². The third-order valence-corrected chi connectivity index (χ3v) is 5.01. The summed E-state index contributed by atoms with van der Waals surface area (Å²) in [6.07, 6.45) is 2.91. The number of hydrogen-bond acceptors (Lipinski definition) is 5. The Hall–Kier alpha value is -1.57. The standard InChI is InChI=1S/C17H24N4O2S/c1-21-8-9-23-11-15(21)17(22)20-14(7-10-24-2)16-18-12-5-3-4-6-13(12)19-16/h3-6,14-15H,7-11H2,1-2H3,(H,18,19)(H,20,22)/t14-,15+/m0/s1. The number of benzene rings is 1. The van der Waals surface area contributed by atoms with Crippen molar-refractivity contribution in [2.45, 2.75) is 18.5 Å². The van der Waals surface area contributed by atoms with Gasteiger partial charge in [-0.05, 0) is 37.6 Å². The molecular weight excluding hydrogens is 324 g/mol. The molecule has 1 aromatic heterocycles. The van der Waals surface area contributed by atoms with Gasteiger partial charge in [0.2, 0.25) is 5.91 Å². The highest BCUT2D eigenvalue weighted by molar-refractivity contribution is 7.98. The van der Waals surface area contributed by atoms with E-state index < -0.39 is 0 Å². The molecule has 7 heteroatoms. The number of aromatic amines is 1. The maximum absolute atomic E-state index is 12.7. The second kappa shape index (κ2) is 8.00. The molecule has 1 aliphatic heterocycles. The number of carbonyl (C=O) groups is 1. The average Bonchev–Trinajstić information content (AvgIpc) is 3.02. The van der Waals surface area contributed by atoms with E-state index in [4.69, 9.17) is 4.74 Å². The monoisotopic (exact) mass is 348 g/mol. The Balaban J connectivity index is 1.76. The quantitative estimate of drug-likeness (QED) is 0.833. The summed E-state index contributed by atoms with van der Waals surface area (Å²) >= 11 is 1.77. The number of nitrogens with zero attached hydrogens (tertiary/aromatic N) is 2. The maximum atomic E-state index is 12.7. The average molecular weight is 348 g/mol. The SMILES string of the molecule is CSCC[C@H](NC(=O)[C@H]1COCCN1C)c1nc2ccccc2[nH]1. The van der Waals surface area contributed by atoms with Crippen molar-refractivity contribution in [1.29, 1.82) is 0 Å². The number of morpholine rings is 1. The Bertz CT molecular complexity index is 657. The zero-order chi connectivity index (χ0) is 16.9. The van der Waals surface area contributed by atoms with Crippen molar-refractivity contribution >= 4 is 28.7 Å². The van der Waals surface area contributed by atoms with Gasteiger partial charge in [0.15, 0.2) is 0 Å². The molecular formula is C17H24N4O2S. The van der Waals surface area contributed by atoms with Crippen molar-refractivity contribution in [2.24, 2.45) is 0 Å². The van der Waals surface area contributed by atoms with E-state index >= 15 is 0 Å². The minimum absolute atomic E-state index is 0.00348. The highest BCUT2D eigenvalue weighted by atomic mass is 32.2. The number of aromatic nitrogens is 2. The molecule has 0 saturated carbocycles. The van der Waals surface area contributed by atoms with Gasteiger partial charge in [-0.2, -0.15) is 11.8 Å². The Labute approximate surface area is 146 Å². The van der Waals surface area contributed by atoms with Crippen LogP contribution in [0.25, 0.3) is 11.0 Å². The summed E-state index contributed by atoms with van der Waals surface area (Å²) in [7, 11) is 1.96. The van der Waals surface area contributed by atoms with Gasteiger partial charge in [-0.1, -0.05) is 12.1 Å². The summed E-state index contributed by atoms with van der Waals surface area (Å²) in [4.78, 5) is 22.7. The summed E-state index contributed by atoms with van der Waals surface area (Å²) in [5, 5.41) is 3.16. The van der Waals surface area contributed by atoms with Gasteiger partial charge in [-0.3, -0.25) is 9.69 Å². The van der Waals surface area contributed by atoms with E-state index in [1.807, 2.05) is 36.2 Å². The number of amides is 1. The van der Waals surface area contributed by atoms with Gasteiger partial charge in [0.25, 0.3) is 0 Å². The molecule has 1 aliphatic rings. The molecule has 1 fully saturated rings. The number of imidazole rings is 1. The predicted molar refractivity (Wildman–Crippen MR) is 97.2 cm³/mol. The number of fused-ring (bicyclic) bond motifs is 1. The van der Waals surface area contributed by atoms with E-state index in [-0.39, 0.29) is 18.0 Å². The van der Waals surface area contributed by atoms with Crippen LogP contribution in [-0.2, 0) is 9.53 Å². The first-order valence-electron chi connectivity index (χ1n) is 8.21. The lowest BCUT2D eigenvalue weighted by Crippen LogP contribution is -2.52. The zero-order valence-electron chi connectivity index (χ0n) is 14.1. The molecule has 2 N–H and O–H groups in total. The van der Waals surface area contributed by atoms with Gasteiger partial charge in [0.1, 0.15) is 11.9 Å². The predicted octanol–water partition coefficient (Wildman–Crippen LogP) is 1.80. The largest absolute Gasteiger partial charge is 0.378 e. The van der Waals surface area contributed by atoms with E-state index in [1.165, 1.54) is 0 Å². The van der Waals surface area contributed by atoms with Crippen LogP contribution in [-0.4, -0.2) is 65.6 Å². The first kappa shape index (κ1) is 17.3. The molecule has 1 amide bonds. The number of likely N-dealkylation sites (N-methyl/N-ethyl adjacent to an activating group) is 1. The summed E-state index contributed by atoms with van der Waals surface area (Å²) in [5.41, 5.74) is 1.92. The van der Waals surface area contributed by atoms with Gasteiger partial charge in [-0.15, -0.1) is 0 Å². The summed E-state index contributed by atoms with van der Waals surface area (Å²) in [5.74, 6) is 1.78. The first-order valence-corrected chi connectivity index (χ1v) is 9.60. The van der Waals surface area contributed by atoms with Gasteiger partial charge < -0.3 is 15.0 Å². The number of hydrogen-bond donors (Lipinski definition) is 2. The number of rotatable bonds is 6. The number of nitrogens with one attached hydrogen (secondary N) is 2. The molecule has 130 valence electrons. The lowest BCUT2D eigenvalue weighted by molar-refractivity contribution is -0.132. The minimum Gasteiger partial charge on any atom is -0.378 e. The molecule has 24 heavy (non-hydrogen) atoms. The number of H-pyrrole nitrogens is 1. The lowest BCUT2D eigenvalue weighted by Gasteiger charge is -2.32. The van der Waals surface area contributed by atoms with E-state index in [9.17, 15) is 4.79 Å². The van der Waals surface area contributed by atoms with Crippen molar-refractivity contribution in [1.82, 2.24) is 20.2 Å². The third kappa shape index (κ3) is 3.91. The molecule has 0 spiro atoms. The maximum Gasteiger partial charge on any atom is 0.240 e. The molecule has 0 unspecified atom stereocenters. The van der Waals surface area contributed by atoms with Crippen LogP contribution in [0.15, 0.2) is 24.3 Å². The number of carbonyl (C=O) groups excluding carboxylic acids is 1. The molecule has 2 atom stereocenters. The van der Waals surface area contributed by atoms with Gasteiger partial charge in [0, 0.05) is 6.54 Å². The molecule has 1 aromatic carbocycles. The Morgan fingerprint density at radius 3 is 3.12 bits per heavy atom. The molecule has 0 aliphatic carbocycles. The molecule has 3 rings (SSSR count). The third-order valence-electron chi connectivity index (χ3n) is 4.36. The van der Waals surface area contributed by atoms with Crippen LogP contribution in [0.2, 0.25) is 0 Å². The lowest BCUT2D eigenvalue weighted by atomic mass is 10.1. The molecule has 0 bridgehead atoms.